The van der Waals surface area contributed by atoms with Gasteiger partial charge in [0.25, 0.3) is 0 Å². The molecule has 0 fully saturated rings. The number of anilines is 1. The molecule has 2 heterocycles. The molecule has 2 aromatic carbocycles. The lowest BCUT2D eigenvalue weighted by Crippen LogP contribution is -2.34. The average Bonchev–Trinajstić information content (AvgIpc) is 3.07. The molecule has 1 atom stereocenters. The Morgan fingerprint density at radius 2 is 1.92 bits per heavy atom. The van der Waals surface area contributed by atoms with Crippen molar-refractivity contribution in [1.82, 2.24) is 9.78 Å². The van der Waals surface area contributed by atoms with E-state index in [4.69, 9.17) is 0 Å². The van der Waals surface area contributed by atoms with Crippen molar-refractivity contribution in [3.8, 4) is 11.1 Å². The van der Waals surface area contributed by atoms with Crippen LogP contribution in [0.25, 0.3) is 11.1 Å². The van der Waals surface area contributed by atoms with E-state index in [1.54, 1.807) is 0 Å². The van der Waals surface area contributed by atoms with Gasteiger partial charge in [-0.3, -0.25) is 4.68 Å². The summed E-state index contributed by atoms with van der Waals surface area (Å²) in [5.41, 5.74) is 6.71. The summed E-state index contributed by atoms with van der Waals surface area (Å²) in [7, 11) is 1.96. The maximum atomic E-state index is 4.30. The normalized spacial score (nSPS) is 16.9. The van der Waals surface area contributed by atoms with E-state index < -0.39 is 0 Å². The smallest absolute Gasteiger partial charge is 0.0568 e. The molecule has 122 valence electrons. The molecule has 24 heavy (non-hydrogen) atoms. The molecule has 0 saturated heterocycles. The van der Waals surface area contributed by atoms with Crippen LogP contribution in [0.3, 0.4) is 0 Å². The van der Waals surface area contributed by atoms with E-state index in [0.717, 1.165) is 19.5 Å². The zero-order valence-electron chi connectivity index (χ0n) is 14.3. The van der Waals surface area contributed by atoms with Crippen LogP contribution < -0.4 is 4.90 Å². The molecule has 4 rings (SSSR count). The zero-order valence-corrected chi connectivity index (χ0v) is 14.3. The van der Waals surface area contributed by atoms with Crippen LogP contribution in [-0.4, -0.2) is 22.9 Å². The van der Waals surface area contributed by atoms with Crippen molar-refractivity contribution in [2.24, 2.45) is 7.05 Å². The summed E-state index contributed by atoms with van der Waals surface area (Å²) in [5, 5.41) is 4.30. The first-order valence-electron chi connectivity index (χ1n) is 8.66. The summed E-state index contributed by atoms with van der Waals surface area (Å²) in [6.45, 7) is 4.38. The first-order valence-corrected chi connectivity index (χ1v) is 8.66. The van der Waals surface area contributed by atoms with Gasteiger partial charge in [-0.1, -0.05) is 36.4 Å². The van der Waals surface area contributed by atoms with Crippen molar-refractivity contribution in [3.63, 3.8) is 0 Å². The van der Waals surface area contributed by atoms with E-state index in [1.165, 1.54) is 27.9 Å². The molecule has 0 N–H and O–H groups in total. The van der Waals surface area contributed by atoms with Crippen molar-refractivity contribution in [2.45, 2.75) is 19.3 Å². The minimum atomic E-state index is 0.558. The quantitative estimate of drug-likeness (QED) is 0.720. The van der Waals surface area contributed by atoms with E-state index in [0.29, 0.717) is 5.92 Å². The number of likely N-dealkylation sites (N-methyl/N-ethyl adjacent to an activating group) is 1. The second-order valence-electron chi connectivity index (χ2n) is 6.60. The molecule has 0 saturated carbocycles. The third-order valence-electron chi connectivity index (χ3n) is 5.02. The average molecular weight is 317 g/mol. The van der Waals surface area contributed by atoms with Crippen LogP contribution in [-0.2, 0) is 13.5 Å². The fourth-order valence-corrected chi connectivity index (χ4v) is 3.75. The highest BCUT2D eigenvalue weighted by Gasteiger charge is 2.25. The molecule has 0 spiro atoms. The zero-order chi connectivity index (χ0) is 16.5. The minimum Gasteiger partial charge on any atom is -0.371 e. The summed E-state index contributed by atoms with van der Waals surface area (Å²) in [4.78, 5) is 2.50. The number of benzene rings is 2. The monoisotopic (exact) mass is 317 g/mol. The van der Waals surface area contributed by atoms with Gasteiger partial charge in [0, 0.05) is 43.5 Å². The molecule has 3 nitrogen and oxygen atoms in total. The van der Waals surface area contributed by atoms with E-state index in [9.17, 15) is 0 Å². The maximum Gasteiger partial charge on any atom is 0.0568 e. The summed E-state index contributed by atoms with van der Waals surface area (Å²) in [6, 6.07) is 17.8. The fraction of sp³-hybridized carbons (Fsp3) is 0.286. The number of hydrogen-bond donors (Lipinski definition) is 0. The van der Waals surface area contributed by atoms with Gasteiger partial charge in [-0.05, 0) is 42.2 Å². The van der Waals surface area contributed by atoms with Crippen molar-refractivity contribution < 1.29 is 0 Å². The molecule has 1 aliphatic heterocycles. The number of rotatable bonds is 3. The van der Waals surface area contributed by atoms with Crippen molar-refractivity contribution in [3.05, 3.63) is 72.1 Å². The number of hydrogen-bond acceptors (Lipinski definition) is 2. The Morgan fingerprint density at radius 3 is 2.62 bits per heavy atom. The molecule has 3 aromatic rings. The molecule has 0 bridgehead atoms. The van der Waals surface area contributed by atoms with Crippen molar-refractivity contribution in [1.29, 1.82) is 0 Å². The Hall–Kier alpha value is -2.55. The predicted molar refractivity (Wildman–Crippen MR) is 99.4 cm³/mol. The van der Waals surface area contributed by atoms with Gasteiger partial charge in [-0.2, -0.15) is 5.10 Å². The highest BCUT2D eigenvalue weighted by molar-refractivity contribution is 5.69. The summed E-state index contributed by atoms with van der Waals surface area (Å²) >= 11 is 0. The highest BCUT2D eigenvalue weighted by Crippen LogP contribution is 2.36. The molecule has 0 radical (unpaired) electrons. The van der Waals surface area contributed by atoms with Gasteiger partial charge in [0.15, 0.2) is 0 Å². The molecule has 0 amide bonds. The van der Waals surface area contributed by atoms with Gasteiger partial charge in [-0.25, -0.2) is 0 Å². The van der Waals surface area contributed by atoms with Gasteiger partial charge in [-0.15, -0.1) is 0 Å². The van der Waals surface area contributed by atoms with E-state index >= 15 is 0 Å². The topological polar surface area (TPSA) is 21.1 Å². The fourth-order valence-electron chi connectivity index (χ4n) is 3.75. The van der Waals surface area contributed by atoms with Crippen molar-refractivity contribution >= 4 is 5.69 Å². The van der Waals surface area contributed by atoms with Crippen LogP contribution in [0.4, 0.5) is 5.69 Å². The Bertz CT molecular complexity index is 835. The molecule has 0 aliphatic carbocycles. The SMILES string of the molecule is CCN1C[C@@H](c2ccccc2)Cc2cc(-c3cnn(C)c3)ccc21. The lowest BCUT2D eigenvalue weighted by Gasteiger charge is -2.36. The lowest BCUT2D eigenvalue weighted by molar-refractivity contribution is 0.617. The third-order valence-corrected chi connectivity index (χ3v) is 5.02. The van der Waals surface area contributed by atoms with Crippen molar-refractivity contribution in [2.75, 3.05) is 18.0 Å². The molecular formula is C21H23N3. The molecule has 1 aliphatic rings. The van der Waals surface area contributed by atoms with Gasteiger partial charge >= 0.3 is 0 Å². The lowest BCUT2D eigenvalue weighted by atomic mass is 9.86. The van der Waals surface area contributed by atoms with Crippen LogP contribution in [0.5, 0.6) is 0 Å². The van der Waals surface area contributed by atoms with E-state index in [1.807, 2.05) is 17.9 Å². The van der Waals surface area contributed by atoms with Crippen LogP contribution in [0.2, 0.25) is 0 Å². The number of aryl methyl sites for hydroxylation is 1. The standard InChI is InChI=1S/C21H23N3/c1-3-24-15-19(16-7-5-4-6-8-16)12-18-11-17(9-10-21(18)24)20-13-22-23(2)14-20/h4-11,13-14,19H,3,12,15H2,1-2H3/t19-/m0/s1. The Balaban J connectivity index is 1.72. The summed E-state index contributed by atoms with van der Waals surface area (Å²) in [5.74, 6) is 0.558. The summed E-state index contributed by atoms with van der Waals surface area (Å²) < 4.78 is 1.86. The maximum absolute atomic E-state index is 4.30. The first-order chi connectivity index (χ1) is 11.7. The van der Waals surface area contributed by atoms with Gasteiger partial charge in [0.1, 0.15) is 0 Å². The van der Waals surface area contributed by atoms with Crippen LogP contribution >= 0.6 is 0 Å². The highest BCUT2D eigenvalue weighted by atomic mass is 15.2. The van der Waals surface area contributed by atoms with E-state index in [2.05, 4.69) is 71.7 Å². The third kappa shape index (κ3) is 2.71. The van der Waals surface area contributed by atoms with Crippen LogP contribution in [0.15, 0.2) is 60.9 Å². The van der Waals surface area contributed by atoms with Crippen LogP contribution in [0.1, 0.15) is 24.0 Å². The van der Waals surface area contributed by atoms with Gasteiger partial charge in [0.05, 0.1) is 6.20 Å². The molecular weight excluding hydrogens is 294 g/mol. The number of nitrogens with zero attached hydrogens (tertiary/aromatic N) is 3. The Labute approximate surface area is 143 Å². The largest absolute Gasteiger partial charge is 0.371 e. The molecule has 0 unspecified atom stereocenters. The van der Waals surface area contributed by atoms with Gasteiger partial charge in [0.2, 0.25) is 0 Å². The Morgan fingerprint density at radius 1 is 1.08 bits per heavy atom. The number of aromatic nitrogens is 2. The van der Waals surface area contributed by atoms with E-state index in [-0.39, 0.29) is 0 Å². The number of fused-ring (bicyclic) bond motifs is 1. The summed E-state index contributed by atoms with van der Waals surface area (Å²) in [6.07, 6.45) is 5.12. The Kier molecular flexibility index (Phi) is 3.85. The molecule has 3 heteroatoms. The second kappa shape index (κ2) is 6.16. The second-order valence-corrected chi connectivity index (χ2v) is 6.60. The van der Waals surface area contributed by atoms with Crippen LogP contribution in [0, 0.1) is 0 Å². The molecule has 1 aromatic heterocycles. The first kappa shape index (κ1) is 15.0. The van der Waals surface area contributed by atoms with Gasteiger partial charge < -0.3 is 4.90 Å². The predicted octanol–water partition coefficient (Wildman–Crippen LogP) is 4.25. The minimum absolute atomic E-state index is 0.558.